The van der Waals surface area contributed by atoms with E-state index in [4.69, 9.17) is 52.2 Å². The topological polar surface area (TPSA) is 298 Å². The van der Waals surface area contributed by atoms with Crippen molar-refractivity contribution in [3.05, 3.63) is 207 Å². The molecule has 11 rings (SSSR count). The third-order valence-electron chi connectivity index (χ3n) is 16.4. The van der Waals surface area contributed by atoms with Gasteiger partial charge < -0.3 is 34.1 Å². The molecule has 0 aliphatic carbocycles. The lowest BCUT2D eigenvalue weighted by Crippen LogP contribution is -2.29. The molecule has 0 bridgehead atoms. The number of hydrogen-bond donors (Lipinski definition) is 2. The highest BCUT2D eigenvalue weighted by Crippen LogP contribution is 2.42. The number of ketones is 1. The van der Waals surface area contributed by atoms with E-state index in [0.29, 0.717) is 91.0 Å². The van der Waals surface area contributed by atoms with E-state index < -0.39 is 73.3 Å². The number of benzene rings is 5. The number of carboxylic acids is 1. The Balaban J connectivity index is 0.000000170. The van der Waals surface area contributed by atoms with Gasteiger partial charge in [-0.25, -0.2) is 36.3 Å². The summed E-state index contributed by atoms with van der Waals surface area (Å²) in [5, 5.41) is 21.5. The fourth-order valence-electron chi connectivity index (χ4n) is 11.3. The van der Waals surface area contributed by atoms with Gasteiger partial charge in [0.15, 0.2) is 32.8 Å². The Hall–Kier alpha value is -9.64. The second-order valence-corrected chi connectivity index (χ2v) is 27.3. The van der Waals surface area contributed by atoms with Crippen LogP contribution in [0.2, 0.25) is 5.02 Å². The molecule has 100 heavy (non-hydrogen) atoms. The van der Waals surface area contributed by atoms with Crippen molar-refractivity contribution in [1.82, 2.24) is 33.5 Å². The molecule has 0 fully saturated rings. The molecule has 532 valence electrons. The molecule has 5 aromatic carbocycles. The summed E-state index contributed by atoms with van der Waals surface area (Å²) in [5.41, 5.74) is 5.03. The molecule has 3 aromatic heterocycles. The first kappa shape index (κ1) is 76.1. The Kier molecular flexibility index (Phi) is 24.5. The monoisotopic (exact) mass is 1440 g/mol. The van der Waals surface area contributed by atoms with Crippen LogP contribution in [0.4, 0.5) is 13.2 Å². The Bertz CT molecular complexity index is 4700. The van der Waals surface area contributed by atoms with Gasteiger partial charge in [-0.3, -0.25) is 28.7 Å². The lowest BCUT2D eigenvalue weighted by molar-refractivity contribution is -0.143. The minimum absolute atomic E-state index is 0.00623. The van der Waals surface area contributed by atoms with E-state index in [1.807, 2.05) is 81.4 Å². The van der Waals surface area contributed by atoms with E-state index in [1.54, 1.807) is 23.2 Å². The lowest BCUT2D eigenvalue weighted by atomic mass is 9.82. The molecule has 1 unspecified atom stereocenters. The number of fused-ring (bicyclic) bond motifs is 1. The molecular formula is C70H76Cl2F3N9O15S. The maximum absolute atomic E-state index is 14.1. The van der Waals surface area contributed by atoms with Gasteiger partial charge in [-0.2, -0.15) is 13.5 Å². The molecule has 3 aliphatic rings. The van der Waals surface area contributed by atoms with Crippen molar-refractivity contribution in [3.63, 3.8) is 0 Å². The Morgan fingerprint density at radius 3 is 1.92 bits per heavy atom. The summed E-state index contributed by atoms with van der Waals surface area (Å²) in [7, 11) is -2.02. The summed E-state index contributed by atoms with van der Waals surface area (Å²) in [5.74, 6) is -3.51. The van der Waals surface area contributed by atoms with E-state index in [1.165, 1.54) is 35.6 Å². The largest absolute Gasteiger partial charge is 0.480 e. The molecule has 0 amide bonds. The van der Waals surface area contributed by atoms with Crippen molar-refractivity contribution < 1.29 is 69.8 Å². The molecule has 0 radical (unpaired) electrons. The van der Waals surface area contributed by atoms with Gasteiger partial charge in [0.2, 0.25) is 5.88 Å². The summed E-state index contributed by atoms with van der Waals surface area (Å²) >= 11 is 11.5. The summed E-state index contributed by atoms with van der Waals surface area (Å²) in [6.07, 6.45) is 4.59. The highest BCUT2D eigenvalue weighted by atomic mass is 35.5. The number of carbonyl (C=O) groups excluding carboxylic acids is 3. The molecule has 0 spiro atoms. The molecule has 3 aliphatic heterocycles. The van der Waals surface area contributed by atoms with Crippen LogP contribution in [-0.4, -0.2) is 120 Å². The maximum atomic E-state index is 14.1. The van der Waals surface area contributed by atoms with Crippen LogP contribution in [0.15, 0.2) is 133 Å². The highest BCUT2D eigenvalue weighted by Gasteiger charge is 2.45. The normalized spacial score (nSPS) is 14.2. The zero-order valence-corrected chi connectivity index (χ0v) is 59.1. The minimum Gasteiger partial charge on any atom is -0.480 e. The SMILES string of the molecule is CCOC(=O)C1=NOC(c2ccccc2)(c2ccccc2)C1.CCc1cc(C)cc(CC)c1-c1c(OC(=O)C(C)(C)C)n2n(c1=O)CCOCC2.Cc1c(C(=O)c2c[nH]n(C)c2=O)ccc(S(C)(=O)=O)c1C1=NOCC1.Cc1nn(-c2cc(CC(Cl)C(=O)O)c(Cl)cc2F)c(=O)n1C(F)F. The molecular weight excluding hydrogens is 1370 g/mol. The maximum Gasteiger partial charge on any atom is 0.356 e. The predicted octanol–water partition coefficient (Wildman–Crippen LogP) is 10.5. The van der Waals surface area contributed by atoms with Crippen LogP contribution in [-0.2, 0) is 88.4 Å². The van der Waals surface area contributed by atoms with Gasteiger partial charge in [0.1, 0.15) is 34.6 Å². The first-order valence-electron chi connectivity index (χ1n) is 31.7. The number of aliphatic carboxylic acids is 1. The molecule has 0 saturated carbocycles. The number of H-pyrrole nitrogens is 1. The highest BCUT2D eigenvalue weighted by molar-refractivity contribution is 7.90. The number of oxime groups is 2. The first-order valence-corrected chi connectivity index (χ1v) is 34.4. The fourth-order valence-corrected chi connectivity index (χ4v) is 12.7. The number of carboxylic acid groups (broad SMARTS) is 1. The van der Waals surface area contributed by atoms with Crippen molar-refractivity contribution >= 4 is 68.2 Å². The smallest absolute Gasteiger partial charge is 0.356 e. The number of aromatic amines is 1. The Labute approximate surface area is 583 Å². The second kappa shape index (κ2) is 32.1. The number of ether oxygens (including phenoxy) is 3. The van der Waals surface area contributed by atoms with Crippen LogP contribution in [0.3, 0.4) is 0 Å². The Morgan fingerprint density at radius 1 is 0.800 bits per heavy atom. The zero-order chi connectivity index (χ0) is 73.3. The molecule has 6 heterocycles. The van der Waals surface area contributed by atoms with E-state index in [9.17, 15) is 55.2 Å². The van der Waals surface area contributed by atoms with Gasteiger partial charge in [-0.1, -0.05) is 114 Å². The first-order chi connectivity index (χ1) is 47.3. The average Bonchev–Trinajstić information content (AvgIpc) is 1.63. The van der Waals surface area contributed by atoms with Gasteiger partial charge >= 0.3 is 30.1 Å². The number of carbonyl (C=O) groups is 4. The van der Waals surface area contributed by atoms with Crippen LogP contribution in [0.5, 0.6) is 5.88 Å². The molecule has 2 N–H and O–H groups in total. The van der Waals surface area contributed by atoms with Gasteiger partial charge in [0, 0.05) is 59.6 Å². The third kappa shape index (κ3) is 16.6. The number of hydrogen-bond acceptors (Lipinski definition) is 17. The van der Waals surface area contributed by atoms with E-state index in [-0.39, 0.29) is 54.9 Å². The summed E-state index contributed by atoms with van der Waals surface area (Å²) < 4.78 is 85.7. The van der Waals surface area contributed by atoms with E-state index >= 15 is 0 Å². The van der Waals surface area contributed by atoms with Gasteiger partial charge in [-0.15, -0.1) is 16.7 Å². The number of alkyl halides is 3. The molecule has 1 atom stereocenters. The number of nitrogens with zero attached hydrogens (tertiary/aromatic N) is 8. The predicted molar refractivity (Wildman–Crippen MR) is 368 cm³/mol. The molecule has 24 nitrogen and oxygen atoms in total. The number of esters is 2. The van der Waals surface area contributed by atoms with Crippen LogP contribution >= 0.6 is 23.2 Å². The van der Waals surface area contributed by atoms with Crippen LogP contribution in [0.1, 0.15) is 127 Å². The van der Waals surface area contributed by atoms with Crippen molar-refractivity contribution in [1.29, 1.82) is 0 Å². The molecule has 30 heteroatoms. The standard InChI is InChI=1S/C23H32N2O4.C18H17NO3.C16H17N3O5S.C13H10Cl2F3N3O3/c1-7-16-13-15(3)14-17(8-2)18(16)19-20(26)24-9-11-28-12-10-25(24)21(19)29-22(27)23(4,5)6;1-2-21-17(20)16-13-18(22-19-16,14-9-5-3-6-10-14)15-11-7-4-8-12-15;1-9-10(15(20)11-8-17-19(2)16(11)21)4-5-13(25(3,22)23)14(9)12-6-7-24-18-12;1-5-19-21(13(24)20(5)12(17)18)10-3-6(2-8(15)11(22)23)7(14)4-9(10)16/h13-14H,7-12H2,1-6H3;3-12H,2,13H2,1H3;4-5,8,17H,6-7H2,1-3H3;3-4,8,12H,2H2,1H3,(H,22,23). The number of halogens is 5. The van der Waals surface area contributed by atoms with Crippen LogP contribution in [0.25, 0.3) is 16.8 Å². The Morgan fingerprint density at radius 2 is 1.41 bits per heavy atom. The fraction of sp³-hybridized carbons (Fsp3) is 0.371. The van der Waals surface area contributed by atoms with Gasteiger partial charge in [0.05, 0.1) is 55.4 Å². The third-order valence-corrected chi connectivity index (χ3v) is 18.2. The van der Waals surface area contributed by atoms with Crippen molar-refractivity contribution in [3.8, 4) is 22.7 Å². The van der Waals surface area contributed by atoms with Crippen molar-refractivity contribution in [2.24, 2.45) is 22.8 Å². The quantitative estimate of drug-likeness (QED) is 0.0486. The van der Waals surface area contributed by atoms with E-state index in [2.05, 4.69) is 53.4 Å². The van der Waals surface area contributed by atoms with Gasteiger partial charge in [-0.05, 0) is 113 Å². The van der Waals surface area contributed by atoms with Gasteiger partial charge in [0.25, 0.3) is 11.1 Å². The van der Waals surface area contributed by atoms with Crippen molar-refractivity contribution in [2.75, 3.05) is 32.7 Å². The number of aromatic nitrogens is 7. The van der Waals surface area contributed by atoms with E-state index in [0.717, 1.165) is 66.0 Å². The number of aryl methyl sites for hydroxylation is 5. The molecule has 8 aromatic rings. The van der Waals surface area contributed by atoms with Crippen LogP contribution in [0, 0.1) is 32.0 Å². The second-order valence-electron chi connectivity index (χ2n) is 24.4. The number of rotatable bonds is 17. The minimum atomic E-state index is -3.52. The van der Waals surface area contributed by atoms with Crippen LogP contribution < -0.4 is 21.5 Å². The number of nitrogens with one attached hydrogen (secondary N) is 1. The summed E-state index contributed by atoms with van der Waals surface area (Å²) in [4.78, 5) is 96.7. The number of sulfone groups is 1. The zero-order valence-electron chi connectivity index (χ0n) is 56.8. The summed E-state index contributed by atoms with van der Waals surface area (Å²) in [6, 6.07) is 28.6. The molecule has 0 saturated heterocycles. The lowest BCUT2D eigenvalue weighted by Gasteiger charge is -2.27. The summed E-state index contributed by atoms with van der Waals surface area (Å²) in [6.45, 7) is 15.7. The van der Waals surface area contributed by atoms with Crippen molar-refractivity contribution in [2.45, 2.75) is 130 Å². The average molecular weight is 1440 g/mol.